The number of rotatable bonds is 8. The molecule has 2 heterocycles. The molecule has 168 valence electrons. The molecule has 0 radical (unpaired) electrons. The van der Waals surface area contributed by atoms with Gasteiger partial charge in [0.2, 0.25) is 0 Å². The van der Waals surface area contributed by atoms with Crippen LogP contribution in [-0.2, 0) is 13.0 Å². The standard InChI is InChI=1S/C26H27N5O2/c1-18(2)30-16-21(14-28-30)11-25(32)22-8-5-9-24(12-22)31-17-23(15-29-31)26(33)27-13-20-7-4-6-19(3)10-20/h4-10,12,14-18H,11,13H2,1-3H3,(H,27,33). The number of carbonyl (C=O) groups excluding carboxylic acids is 2. The predicted molar refractivity (Wildman–Crippen MR) is 127 cm³/mol. The number of nitrogens with one attached hydrogen (secondary N) is 1. The fraction of sp³-hybridized carbons (Fsp3) is 0.231. The van der Waals surface area contributed by atoms with Crippen molar-refractivity contribution in [2.24, 2.45) is 0 Å². The molecule has 7 heteroatoms. The lowest BCUT2D eigenvalue weighted by molar-refractivity contribution is 0.0949. The number of aryl methyl sites for hydroxylation is 1. The first kappa shape index (κ1) is 22.2. The smallest absolute Gasteiger partial charge is 0.254 e. The number of hydrogen-bond donors (Lipinski definition) is 1. The SMILES string of the molecule is Cc1cccc(CNC(=O)c2cnn(-c3cccc(C(=O)Cc4cnn(C(C)C)c4)c3)c2)c1. The van der Waals surface area contributed by atoms with Gasteiger partial charge >= 0.3 is 0 Å². The maximum absolute atomic E-state index is 12.8. The molecule has 4 aromatic rings. The molecule has 0 aliphatic rings. The highest BCUT2D eigenvalue weighted by Crippen LogP contribution is 2.15. The molecule has 0 saturated heterocycles. The van der Waals surface area contributed by atoms with Gasteiger partial charge in [-0.05, 0) is 44.0 Å². The Bertz CT molecular complexity index is 1290. The number of carbonyl (C=O) groups is 2. The van der Waals surface area contributed by atoms with Crippen molar-refractivity contribution in [2.45, 2.75) is 39.8 Å². The molecule has 33 heavy (non-hydrogen) atoms. The zero-order valence-corrected chi connectivity index (χ0v) is 19.0. The van der Waals surface area contributed by atoms with Gasteiger partial charge in [0.1, 0.15) is 0 Å². The largest absolute Gasteiger partial charge is 0.348 e. The van der Waals surface area contributed by atoms with Gasteiger partial charge in [-0.3, -0.25) is 14.3 Å². The number of benzene rings is 2. The minimum atomic E-state index is -0.197. The van der Waals surface area contributed by atoms with E-state index in [0.717, 1.165) is 22.4 Å². The lowest BCUT2D eigenvalue weighted by Gasteiger charge is -2.06. The van der Waals surface area contributed by atoms with Crippen molar-refractivity contribution in [1.82, 2.24) is 24.9 Å². The third-order valence-electron chi connectivity index (χ3n) is 5.36. The zero-order chi connectivity index (χ0) is 23.4. The Labute approximate surface area is 193 Å². The van der Waals surface area contributed by atoms with Crippen LogP contribution in [0, 0.1) is 6.92 Å². The summed E-state index contributed by atoms with van der Waals surface area (Å²) in [6.07, 6.45) is 7.11. The van der Waals surface area contributed by atoms with E-state index in [1.807, 2.05) is 68.0 Å². The molecular weight excluding hydrogens is 414 g/mol. The first-order valence-corrected chi connectivity index (χ1v) is 10.9. The van der Waals surface area contributed by atoms with Gasteiger partial charge in [-0.2, -0.15) is 10.2 Å². The zero-order valence-electron chi connectivity index (χ0n) is 19.0. The van der Waals surface area contributed by atoms with Crippen LogP contribution in [-0.4, -0.2) is 31.3 Å². The quantitative estimate of drug-likeness (QED) is 0.413. The van der Waals surface area contributed by atoms with E-state index in [4.69, 9.17) is 0 Å². The minimum absolute atomic E-state index is 0.00318. The molecule has 1 amide bonds. The molecule has 1 N–H and O–H groups in total. The van der Waals surface area contributed by atoms with Crippen molar-refractivity contribution in [3.05, 3.63) is 101 Å². The molecule has 0 fully saturated rings. The van der Waals surface area contributed by atoms with Crippen molar-refractivity contribution in [1.29, 1.82) is 0 Å². The second-order valence-corrected chi connectivity index (χ2v) is 8.42. The van der Waals surface area contributed by atoms with Crippen molar-refractivity contribution in [3.8, 4) is 5.69 Å². The normalized spacial score (nSPS) is 11.0. The van der Waals surface area contributed by atoms with Gasteiger partial charge in [-0.1, -0.05) is 42.0 Å². The highest BCUT2D eigenvalue weighted by molar-refractivity contribution is 5.98. The number of hydrogen-bond acceptors (Lipinski definition) is 4. The second kappa shape index (κ2) is 9.65. The molecule has 0 atom stereocenters. The van der Waals surface area contributed by atoms with Gasteiger partial charge in [-0.15, -0.1) is 0 Å². The van der Waals surface area contributed by atoms with Gasteiger partial charge in [-0.25, -0.2) is 4.68 Å². The monoisotopic (exact) mass is 441 g/mol. The van der Waals surface area contributed by atoms with Crippen LogP contribution in [0.25, 0.3) is 5.69 Å². The van der Waals surface area contributed by atoms with Crippen LogP contribution in [0.2, 0.25) is 0 Å². The third-order valence-corrected chi connectivity index (χ3v) is 5.36. The molecule has 0 spiro atoms. The first-order valence-electron chi connectivity index (χ1n) is 10.9. The highest BCUT2D eigenvalue weighted by Gasteiger charge is 2.13. The number of nitrogens with zero attached hydrogens (tertiary/aromatic N) is 4. The van der Waals surface area contributed by atoms with Crippen LogP contribution in [0.4, 0.5) is 0 Å². The van der Waals surface area contributed by atoms with E-state index in [0.29, 0.717) is 17.7 Å². The molecule has 2 aromatic carbocycles. The fourth-order valence-corrected chi connectivity index (χ4v) is 3.55. The van der Waals surface area contributed by atoms with Crippen LogP contribution < -0.4 is 5.32 Å². The average Bonchev–Trinajstić information content (AvgIpc) is 3.48. The fourth-order valence-electron chi connectivity index (χ4n) is 3.55. The molecule has 0 unspecified atom stereocenters. The van der Waals surface area contributed by atoms with E-state index in [1.54, 1.807) is 29.2 Å². The van der Waals surface area contributed by atoms with Crippen LogP contribution in [0.1, 0.15) is 57.3 Å². The topological polar surface area (TPSA) is 81.8 Å². The van der Waals surface area contributed by atoms with Crippen LogP contribution in [0.5, 0.6) is 0 Å². The molecule has 2 aromatic heterocycles. The summed E-state index contributed by atoms with van der Waals surface area (Å²) < 4.78 is 3.45. The highest BCUT2D eigenvalue weighted by atomic mass is 16.1. The summed E-state index contributed by atoms with van der Waals surface area (Å²) in [5, 5.41) is 11.5. The van der Waals surface area contributed by atoms with Gasteiger partial charge in [0.05, 0.1) is 23.6 Å². The summed E-state index contributed by atoms with van der Waals surface area (Å²) in [5.41, 5.74) is 4.84. The minimum Gasteiger partial charge on any atom is -0.348 e. The van der Waals surface area contributed by atoms with Gasteiger partial charge in [0, 0.05) is 37.0 Å². The van der Waals surface area contributed by atoms with E-state index >= 15 is 0 Å². The van der Waals surface area contributed by atoms with Crippen molar-refractivity contribution < 1.29 is 9.59 Å². The van der Waals surface area contributed by atoms with Crippen LogP contribution in [0.15, 0.2) is 73.3 Å². The van der Waals surface area contributed by atoms with Crippen molar-refractivity contribution in [2.75, 3.05) is 0 Å². The molecular formula is C26H27N5O2. The summed E-state index contributed by atoms with van der Waals surface area (Å²) in [6.45, 7) is 6.56. The van der Waals surface area contributed by atoms with E-state index in [1.165, 1.54) is 6.20 Å². The summed E-state index contributed by atoms with van der Waals surface area (Å²) in [4.78, 5) is 25.4. The van der Waals surface area contributed by atoms with Gasteiger partial charge in [0.25, 0.3) is 5.91 Å². The third kappa shape index (κ3) is 5.44. The Hall–Kier alpha value is -4.00. The summed E-state index contributed by atoms with van der Waals surface area (Å²) >= 11 is 0. The van der Waals surface area contributed by atoms with Crippen LogP contribution >= 0.6 is 0 Å². The molecule has 0 aliphatic heterocycles. The Kier molecular flexibility index (Phi) is 6.49. The van der Waals surface area contributed by atoms with Crippen LogP contribution in [0.3, 0.4) is 0 Å². The molecule has 7 nitrogen and oxygen atoms in total. The molecule has 0 aliphatic carbocycles. The molecule has 4 rings (SSSR count). The maximum atomic E-state index is 12.8. The first-order chi connectivity index (χ1) is 15.9. The van der Waals surface area contributed by atoms with E-state index in [2.05, 4.69) is 15.5 Å². The Morgan fingerprint density at radius 3 is 2.52 bits per heavy atom. The Balaban J connectivity index is 1.43. The van der Waals surface area contributed by atoms with E-state index in [9.17, 15) is 9.59 Å². The lowest BCUT2D eigenvalue weighted by atomic mass is 10.0. The maximum Gasteiger partial charge on any atom is 0.254 e. The molecule has 0 saturated carbocycles. The molecule has 0 bridgehead atoms. The van der Waals surface area contributed by atoms with Crippen molar-refractivity contribution in [3.63, 3.8) is 0 Å². The average molecular weight is 442 g/mol. The number of amides is 1. The van der Waals surface area contributed by atoms with E-state index < -0.39 is 0 Å². The number of Topliss-reactive ketones (excluding diaryl/α,β-unsaturated/α-hetero) is 1. The second-order valence-electron chi connectivity index (χ2n) is 8.42. The summed E-state index contributed by atoms with van der Waals surface area (Å²) in [5.74, 6) is -0.194. The Morgan fingerprint density at radius 1 is 0.939 bits per heavy atom. The van der Waals surface area contributed by atoms with E-state index in [-0.39, 0.29) is 24.2 Å². The Morgan fingerprint density at radius 2 is 1.76 bits per heavy atom. The van der Waals surface area contributed by atoms with Gasteiger partial charge < -0.3 is 5.32 Å². The predicted octanol–water partition coefficient (Wildman–Crippen LogP) is 4.31. The van der Waals surface area contributed by atoms with Crippen molar-refractivity contribution >= 4 is 11.7 Å². The summed E-state index contributed by atoms with van der Waals surface area (Å²) in [7, 11) is 0. The number of ketones is 1. The summed E-state index contributed by atoms with van der Waals surface area (Å²) in [6, 6.07) is 15.5. The van der Waals surface area contributed by atoms with Gasteiger partial charge in [0.15, 0.2) is 5.78 Å². The lowest BCUT2D eigenvalue weighted by Crippen LogP contribution is -2.22. The number of aromatic nitrogens is 4.